The van der Waals surface area contributed by atoms with E-state index in [0.717, 1.165) is 5.56 Å². The summed E-state index contributed by atoms with van der Waals surface area (Å²) in [6.45, 7) is 1.78. The fourth-order valence-corrected chi connectivity index (χ4v) is 3.01. The third-order valence-corrected chi connectivity index (χ3v) is 4.58. The van der Waals surface area contributed by atoms with Gasteiger partial charge >= 0.3 is 0 Å². The molecule has 0 unspecified atom stereocenters. The number of hydrogen-bond acceptors (Lipinski definition) is 6. The minimum Gasteiger partial charge on any atom is -0.342 e. The van der Waals surface area contributed by atoms with Gasteiger partial charge in [0.15, 0.2) is 11.6 Å². The topological polar surface area (TPSA) is 109 Å². The molecule has 0 saturated heterocycles. The summed E-state index contributed by atoms with van der Waals surface area (Å²) in [6.07, 6.45) is 5.88. The number of aromatic nitrogens is 5. The van der Waals surface area contributed by atoms with Crippen LogP contribution in [0.1, 0.15) is 34.7 Å². The molecule has 0 bridgehead atoms. The number of hydrogen-bond donors (Lipinski definition) is 1. The molecule has 3 heterocycles. The molecule has 0 aliphatic heterocycles. The highest BCUT2D eigenvalue weighted by Gasteiger charge is 2.19. The Bertz CT molecular complexity index is 1270. The molecule has 0 radical (unpaired) electrons. The third kappa shape index (κ3) is 4.79. The molecule has 4 aromatic rings. The van der Waals surface area contributed by atoms with Crippen molar-refractivity contribution in [3.8, 4) is 23.0 Å². The monoisotopic (exact) mass is 447 g/mol. The van der Waals surface area contributed by atoms with Gasteiger partial charge in [-0.15, -0.1) is 0 Å². The van der Waals surface area contributed by atoms with Crippen molar-refractivity contribution in [1.29, 1.82) is 5.26 Å². The van der Waals surface area contributed by atoms with E-state index in [2.05, 4.69) is 25.4 Å². The van der Waals surface area contributed by atoms with Gasteiger partial charge in [0, 0.05) is 24.2 Å². The largest absolute Gasteiger partial charge is 0.342 e. The molecule has 8 nitrogen and oxygen atoms in total. The Morgan fingerprint density at radius 2 is 1.88 bits per heavy atom. The maximum atomic E-state index is 13.2. The lowest BCUT2D eigenvalue weighted by atomic mass is 10.1. The molecular formula is C22H18FN7OS. The SMILES string of the molecule is C[C@@H](NC(=O)c1cncc(-c2ccc(F)cc2)c1)c1ncnn1-c1ccc(C#N)cn1.S. The molecule has 160 valence electrons. The number of carbonyl (C=O) groups is 1. The molecule has 1 atom stereocenters. The van der Waals surface area contributed by atoms with Crippen molar-refractivity contribution in [3.05, 3.63) is 90.2 Å². The smallest absolute Gasteiger partial charge is 0.253 e. The van der Waals surface area contributed by atoms with E-state index in [-0.39, 0.29) is 25.2 Å². The zero-order valence-corrected chi connectivity index (χ0v) is 17.9. The lowest BCUT2D eigenvalue weighted by Gasteiger charge is -2.14. The van der Waals surface area contributed by atoms with E-state index in [0.29, 0.717) is 28.3 Å². The summed E-state index contributed by atoms with van der Waals surface area (Å²) in [7, 11) is 0. The number of halogens is 1. The van der Waals surface area contributed by atoms with E-state index in [1.165, 1.54) is 35.5 Å². The summed E-state index contributed by atoms with van der Waals surface area (Å²) in [5.41, 5.74) is 2.24. The van der Waals surface area contributed by atoms with E-state index in [1.54, 1.807) is 43.5 Å². The number of carbonyl (C=O) groups excluding carboxylic acids is 1. The second-order valence-electron chi connectivity index (χ2n) is 6.71. The van der Waals surface area contributed by atoms with Crippen molar-refractivity contribution in [2.24, 2.45) is 0 Å². The van der Waals surface area contributed by atoms with Gasteiger partial charge < -0.3 is 5.32 Å². The number of nitrogens with zero attached hydrogens (tertiary/aromatic N) is 6. The van der Waals surface area contributed by atoms with Crippen LogP contribution in [0.4, 0.5) is 4.39 Å². The predicted octanol–water partition coefficient (Wildman–Crippen LogP) is 3.34. The number of nitriles is 1. The van der Waals surface area contributed by atoms with Gasteiger partial charge in [-0.2, -0.15) is 28.5 Å². The lowest BCUT2D eigenvalue weighted by molar-refractivity contribution is 0.0937. The Hall–Kier alpha value is -4.10. The first kappa shape index (κ1) is 22.6. The van der Waals surface area contributed by atoms with Crippen molar-refractivity contribution in [2.75, 3.05) is 0 Å². The highest BCUT2D eigenvalue weighted by atomic mass is 32.1. The van der Waals surface area contributed by atoms with Crippen LogP contribution in [-0.2, 0) is 0 Å². The Morgan fingerprint density at radius 1 is 1.09 bits per heavy atom. The standard InChI is InChI=1S/C22H16FN7O.H2S/c1-14(21-27-13-28-30(21)20-7-2-15(9-24)10-26-20)29-22(31)18-8-17(11-25-12-18)16-3-5-19(23)6-4-16;/h2-8,10-14H,1H3,(H,29,31);1H2/t14-;/m1./s1. The van der Waals surface area contributed by atoms with Gasteiger partial charge in [0.25, 0.3) is 5.91 Å². The molecule has 4 rings (SSSR count). The van der Waals surface area contributed by atoms with Crippen LogP contribution in [0.25, 0.3) is 16.9 Å². The normalized spacial score (nSPS) is 11.2. The average molecular weight is 447 g/mol. The molecule has 0 aliphatic rings. The van der Waals surface area contributed by atoms with Crippen LogP contribution >= 0.6 is 13.5 Å². The van der Waals surface area contributed by atoms with E-state index < -0.39 is 6.04 Å². The summed E-state index contributed by atoms with van der Waals surface area (Å²) in [4.78, 5) is 25.4. The minimum atomic E-state index is -0.484. The predicted molar refractivity (Wildman–Crippen MR) is 120 cm³/mol. The zero-order valence-electron chi connectivity index (χ0n) is 16.9. The first-order chi connectivity index (χ1) is 15.0. The van der Waals surface area contributed by atoms with Crippen LogP contribution in [0.15, 0.2) is 67.4 Å². The lowest BCUT2D eigenvalue weighted by Crippen LogP contribution is -2.29. The van der Waals surface area contributed by atoms with Gasteiger partial charge in [-0.05, 0) is 42.8 Å². The molecule has 1 N–H and O–H groups in total. The van der Waals surface area contributed by atoms with E-state index in [4.69, 9.17) is 5.26 Å². The zero-order chi connectivity index (χ0) is 21.8. The van der Waals surface area contributed by atoms with Gasteiger partial charge in [0.05, 0.1) is 17.2 Å². The van der Waals surface area contributed by atoms with Crippen LogP contribution in [0.2, 0.25) is 0 Å². The Morgan fingerprint density at radius 3 is 2.56 bits per heavy atom. The van der Waals surface area contributed by atoms with E-state index in [1.807, 2.05) is 6.07 Å². The molecule has 0 spiro atoms. The number of nitrogens with one attached hydrogen (secondary N) is 1. The Balaban J connectivity index is 0.00000289. The summed E-state index contributed by atoms with van der Waals surface area (Å²) >= 11 is 0. The summed E-state index contributed by atoms with van der Waals surface area (Å²) in [5, 5.41) is 16.0. The molecule has 0 aliphatic carbocycles. The van der Waals surface area contributed by atoms with Crippen LogP contribution < -0.4 is 5.32 Å². The van der Waals surface area contributed by atoms with Gasteiger partial charge in [-0.25, -0.2) is 14.4 Å². The second-order valence-corrected chi connectivity index (χ2v) is 6.71. The van der Waals surface area contributed by atoms with E-state index in [9.17, 15) is 9.18 Å². The molecule has 3 aromatic heterocycles. The first-order valence-electron chi connectivity index (χ1n) is 9.33. The number of amides is 1. The van der Waals surface area contributed by atoms with Gasteiger partial charge in [-0.1, -0.05) is 12.1 Å². The van der Waals surface area contributed by atoms with Gasteiger partial charge in [0.1, 0.15) is 18.2 Å². The first-order valence-corrected chi connectivity index (χ1v) is 9.33. The van der Waals surface area contributed by atoms with Crippen LogP contribution in [0, 0.1) is 17.1 Å². The number of benzene rings is 1. The Labute approximate surface area is 190 Å². The molecule has 0 fully saturated rings. The highest BCUT2D eigenvalue weighted by Crippen LogP contribution is 2.20. The molecule has 0 saturated carbocycles. The second kappa shape index (κ2) is 9.80. The van der Waals surface area contributed by atoms with Crippen molar-refractivity contribution in [1.82, 2.24) is 30.0 Å². The average Bonchev–Trinajstić information content (AvgIpc) is 3.30. The molecule has 1 amide bonds. The summed E-state index contributed by atoms with van der Waals surface area (Å²) < 4.78 is 14.7. The Kier molecular flexibility index (Phi) is 6.92. The van der Waals surface area contributed by atoms with Crippen molar-refractivity contribution in [2.45, 2.75) is 13.0 Å². The van der Waals surface area contributed by atoms with E-state index >= 15 is 0 Å². The summed E-state index contributed by atoms with van der Waals surface area (Å²) in [6, 6.07) is 12.5. The van der Waals surface area contributed by atoms with Crippen LogP contribution in [-0.4, -0.2) is 30.6 Å². The van der Waals surface area contributed by atoms with Crippen molar-refractivity contribution in [3.63, 3.8) is 0 Å². The van der Waals surface area contributed by atoms with Crippen LogP contribution in [0.5, 0.6) is 0 Å². The third-order valence-electron chi connectivity index (χ3n) is 4.58. The molecular weight excluding hydrogens is 429 g/mol. The van der Waals surface area contributed by atoms with Crippen LogP contribution in [0.3, 0.4) is 0 Å². The molecule has 1 aromatic carbocycles. The molecule has 10 heteroatoms. The van der Waals surface area contributed by atoms with Gasteiger partial charge in [0.2, 0.25) is 0 Å². The quantitative estimate of drug-likeness (QED) is 0.503. The fraction of sp³-hybridized carbons (Fsp3) is 0.0909. The van der Waals surface area contributed by atoms with Crippen molar-refractivity contribution >= 4 is 19.4 Å². The highest BCUT2D eigenvalue weighted by molar-refractivity contribution is 7.59. The summed E-state index contributed by atoms with van der Waals surface area (Å²) in [5.74, 6) is 0.285. The maximum Gasteiger partial charge on any atom is 0.253 e. The molecule has 32 heavy (non-hydrogen) atoms. The van der Waals surface area contributed by atoms with Gasteiger partial charge in [-0.3, -0.25) is 9.78 Å². The van der Waals surface area contributed by atoms with Crippen molar-refractivity contribution < 1.29 is 9.18 Å². The maximum absolute atomic E-state index is 13.2. The minimum absolute atomic E-state index is 0. The number of rotatable bonds is 5. The fourth-order valence-electron chi connectivity index (χ4n) is 3.01. The number of pyridine rings is 2.